The molecule has 1 N–H and O–H groups in total. The summed E-state index contributed by atoms with van der Waals surface area (Å²) in [6.45, 7) is 6.64. The van der Waals surface area contributed by atoms with E-state index < -0.39 is 0 Å². The number of anilines is 1. The second-order valence-corrected chi connectivity index (χ2v) is 6.36. The van der Waals surface area contributed by atoms with Gasteiger partial charge in [-0.05, 0) is 37.7 Å². The highest BCUT2D eigenvalue weighted by atomic mass is 16.5. The normalized spacial score (nSPS) is 17.7. The van der Waals surface area contributed by atoms with Gasteiger partial charge in [0.05, 0.1) is 26.4 Å². The summed E-state index contributed by atoms with van der Waals surface area (Å²) < 4.78 is 10.4. The number of methoxy groups -OCH3 is 1. The van der Waals surface area contributed by atoms with Crippen LogP contribution in [0.15, 0.2) is 24.3 Å². The number of benzene rings is 1. The van der Waals surface area contributed by atoms with E-state index >= 15 is 0 Å². The Bertz CT molecular complexity index is 497. The minimum Gasteiger partial charge on any atom is -0.497 e. The van der Waals surface area contributed by atoms with Gasteiger partial charge in [-0.15, -0.1) is 0 Å². The van der Waals surface area contributed by atoms with Gasteiger partial charge in [0.15, 0.2) is 0 Å². The highest BCUT2D eigenvalue weighted by molar-refractivity contribution is 5.94. The first-order chi connectivity index (χ1) is 10.5. The minimum atomic E-state index is -0.139. The molecule has 1 amide bonds. The molecule has 2 rings (SSSR count). The van der Waals surface area contributed by atoms with Crippen molar-refractivity contribution in [1.29, 1.82) is 0 Å². The van der Waals surface area contributed by atoms with Gasteiger partial charge in [0.2, 0.25) is 5.91 Å². The van der Waals surface area contributed by atoms with Gasteiger partial charge in [-0.2, -0.15) is 0 Å². The van der Waals surface area contributed by atoms with Gasteiger partial charge in [0.25, 0.3) is 0 Å². The van der Waals surface area contributed by atoms with Crippen LogP contribution in [-0.4, -0.2) is 50.8 Å². The Morgan fingerprint density at radius 3 is 2.50 bits per heavy atom. The number of hydrogen-bond donors (Lipinski definition) is 1. The number of carbonyl (C=O) groups excluding carboxylic acids is 1. The Labute approximate surface area is 132 Å². The molecule has 1 heterocycles. The molecule has 22 heavy (non-hydrogen) atoms. The molecule has 122 valence electrons. The minimum absolute atomic E-state index is 0.0269. The Balaban J connectivity index is 1.95. The van der Waals surface area contributed by atoms with E-state index in [0.717, 1.165) is 37.6 Å². The van der Waals surface area contributed by atoms with Crippen LogP contribution in [0.3, 0.4) is 0 Å². The zero-order chi connectivity index (χ0) is 16.2. The molecule has 0 saturated carbocycles. The van der Waals surface area contributed by atoms with Crippen LogP contribution in [0.4, 0.5) is 5.69 Å². The summed E-state index contributed by atoms with van der Waals surface area (Å²) in [6, 6.07) is 7.24. The molecule has 1 aromatic rings. The molecule has 1 unspecified atom stereocenters. The number of amides is 1. The molecule has 1 aliphatic heterocycles. The molecule has 1 fully saturated rings. The maximum atomic E-state index is 12.5. The van der Waals surface area contributed by atoms with Gasteiger partial charge < -0.3 is 14.8 Å². The van der Waals surface area contributed by atoms with Crippen LogP contribution in [0, 0.1) is 5.41 Å². The summed E-state index contributed by atoms with van der Waals surface area (Å²) in [5, 5.41) is 2.98. The van der Waals surface area contributed by atoms with Crippen molar-refractivity contribution in [2.45, 2.75) is 26.3 Å². The third-order valence-corrected chi connectivity index (χ3v) is 4.11. The van der Waals surface area contributed by atoms with Crippen LogP contribution in [0.5, 0.6) is 5.75 Å². The van der Waals surface area contributed by atoms with Crippen molar-refractivity contribution in [1.82, 2.24) is 4.90 Å². The van der Waals surface area contributed by atoms with Gasteiger partial charge in [0.1, 0.15) is 5.75 Å². The number of rotatable bonds is 7. The summed E-state index contributed by atoms with van der Waals surface area (Å²) in [7, 11) is 3.63. The summed E-state index contributed by atoms with van der Waals surface area (Å²) in [4.78, 5) is 14.6. The molecular weight excluding hydrogens is 280 g/mol. The first kappa shape index (κ1) is 16.8. The fraction of sp³-hybridized carbons (Fsp3) is 0.588. The molecule has 0 aliphatic carbocycles. The lowest BCUT2D eigenvalue weighted by Crippen LogP contribution is -2.52. The zero-order valence-corrected chi connectivity index (χ0v) is 13.9. The maximum Gasteiger partial charge on any atom is 0.241 e. The molecular formula is C17H26N2O3. The van der Waals surface area contributed by atoms with Crippen LogP contribution < -0.4 is 10.1 Å². The van der Waals surface area contributed by atoms with Crippen molar-refractivity contribution < 1.29 is 14.3 Å². The van der Waals surface area contributed by atoms with Crippen LogP contribution in [0.1, 0.15) is 20.3 Å². The Hall–Kier alpha value is -1.59. The monoisotopic (exact) mass is 306 g/mol. The van der Waals surface area contributed by atoms with E-state index in [2.05, 4.69) is 17.1 Å². The Morgan fingerprint density at radius 2 is 2.05 bits per heavy atom. The van der Waals surface area contributed by atoms with E-state index in [9.17, 15) is 4.79 Å². The zero-order valence-electron chi connectivity index (χ0n) is 13.9. The standard InChI is InChI=1S/C17H26N2O3/c1-5-15(19(3)10-17(2)11-22-12-17)16(20)18-13-6-8-14(21-4)9-7-13/h6-9,15H,5,10-12H2,1-4H3,(H,18,20). The van der Waals surface area contributed by atoms with Gasteiger partial charge in [-0.1, -0.05) is 13.8 Å². The van der Waals surface area contributed by atoms with Crippen molar-refractivity contribution in [3.63, 3.8) is 0 Å². The quantitative estimate of drug-likeness (QED) is 0.840. The lowest BCUT2D eigenvalue weighted by atomic mass is 9.87. The fourth-order valence-electron chi connectivity index (χ4n) is 2.85. The van der Waals surface area contributed by atoms with Crippen LogP contribution >= 0.6 is 0 Å². The predicted molar refractivity (Wildman–Crippen MR) is 87.3 cm³/mol. The number of likely N-dealkylation sites (N-methyl/N-ethyl adjacent to an activating group) is 1. The third-order valence-electron chi connectivity index (χ3n) is 4.11. The van der Waals surface area contributed by atoms with Gasteiger partial charge in [0, 0.05) is 17.6 Å². The lowest BCUT2D eigenvalue weighted by molar-refractivity contribution is -0.130. The number of carbonyl (C=O) groups is 1. The number of ether oxygens (including phenoxy) is 2. The summed E-state index contributed by atoms with van der Waals surface area (Å²) in [6.07, 6.45) is 0.773. The largest absolute Gasteiger partial charge is 0.497 e. The molecule has 1 aliphatic rings. The highest BCUT2D eigenvalue weighted by Gasteiger charge is 2.36. The van der Waals surface area contributed by atoms with Gasteiger partial charge in [-0.3, -0.25) is 9.69 Å². The van der Waals surface area contributed by atoms with Crippen molar-refractivity contribution in [2.24, 2.45) is 5.41 Å². The number of hydrogen-bond acceptors (Lipinski definition) is 4. The number of nitrogens with one attached hydrogen (secondary N) is 1. The lowest BCUT2D eigenvalue weighted by Gasteiger charge is -2.42. The fourth-order valence-corrected chi connectivity index (χ4v) is 2.85. The smallest absolute Gasteiger partial charge is 0.241 e. The molecule has 1 aromatic carbocycles. The van der Waals surface area contributed by atoms with Crippen molar-refractivity contribution >= 4 is 11.6 Å². The van der Waals surface area contributed by atoms with Crippen LogP contribution in [0.2, 0.25) is 0 Å². The summed E-state index contributed by atoms with van der Waals surface area (Å²) >= 11 is 0. The topological polar surface area (TPSA) is 50.8 Å². The molecule has 5 nitrogen and oxygen atoms in total. The summed E-state index contributed by atoms with van der Waals surface area (Å²) in [5.74, 6) is 0.805. The van der Waals surface area contributed by atoms with E-state index in [-0.39, 0.29) is 17.4 Å². The van der Waals surface area contributed by atoms with Crippen molar-refractivity contribution in [2.75, 3.05) is 39.2 Å². The SMILES string of the molecule is CCC(C(=O)Nc1ccc(OC)cc1)N(C)CC1(C)COC1. The molecule has 0 spiro atoms. The maximum absolute atomic E-state index is 12.5. The van der Waals surface area contributed by atoms with E-state index in [1.807, 2.05) is 38.2 Å². The molecule has 1 saturated heterocycles. The van der Waals surface area contributed by atoms with Crippen LogP contribution in [-0.2, 0) is 9.53 Å². The molecule has 0 aromatic heterocycles. The highest BCUT2D eigenvalue weighted by Crippen LogP contribution is 2.28. The molecule has 0 radical (unpaired) electrons. The Morgan fingerprint density at radius 1 is 1.41 bits per heavy atom. The van der Waals surface area contributed by atoms with Crippen molar-refractivity contribution in [3.05, 3.63) is 24.3 Å². The van der Waals surface area contributed by atoms with E-state index in [0.29, 0.717) is 0 Å². The Kier molecular flexibility index (Phi) is 5.42. The van der Waals surface area contributed by atoms with Crippen molar-refractivity contribution in [3.8, 4) is 5.75 Å². The second kappa shape index (κ2) is 7.11. The van der Waals surface area contributed by atoms with Gasteiger partial charge in [-0.25, -0.2) is 0 Å². The van der Waals surface area contributed by atoms with Gasteiger partial charge >= 0.3 is 0 Å². The average Bonchev–Trinajstić information content (AvgIpc) is 2.47. The van der Waals surface area contributed by atoms with E-state index in [1.165, 1.54) is 0 Å². The number of nitrogens with zero attached hydrogens (tertiary/aromatic N) is 1. The third kappa shape index (κ3) is 3.99. The first-order valence-electron chi connectivity index (χ1n) is 7.70. The first-order valence-corrected chi connectivity index (χ1v) is 7.70. The molecule has 1 atom stereocenters. The van der Waals surface area contributed by atoms with E-state index in [1.54, 1.807) is 7.11 Å². The average molecular weight is 306 g/mol. The predicted octanol–water partition coefficient (Wildman–Crippen LogP) is 2.38. The molecule has 5 heteroatoms. The van der Waals surface area contributed by atoms with E-state index in [4.69, 9.17) is 9.47 Å². The second-order valence-electron chi connectivity index (χ2n) is 6.36. The van der Waals surface area contributed by atoms with Crippen LogP contribution in [0.25, 0.3) is 0 Å². The molecule has 0 bridgehead atoms. The summed E-state index contributed by atoms with van der Waals surface area (Å²) in [5.41, 5.74) is 0.957.